The van der Waals surface area contributed by atoms with Crippen LogP contribution in [0.2, 0.25) is 0 Å². The Morgan fingerprint density at radius 3 is 2.82 bits per heavy atom. The molecule has 7 nitrogen and oxygen atoms in total. The highest BCUT2D eigenvalue weighted by atomic mass is 35.5. The van der Waals surface area contributed by atoms with Crippen molar-refractivity contribution >= 4 is 46.2 Å². The number of thiocarbonyl (C=S) groups is 1. The molecule has 1 aromatic carbocycles. The van der Waals surface area contributed by atoms with Crippen LogP contribution in [-0.2, 0) is 4.79 Å². The number of nitrogens with one attached hydrogen (secondary N) is 2. The van der Waals surface area contributed by atoms with Crippen molar-refractivity contribution in [3.05, 3.63) is 78.2 Å². The number of nitrogens with zero attached hydrogens (tertiary/aromatic N) is 3. The second-order valence-electron chi connectivity index (χ2n) is 7.14. The van der Waals surface area contributed by atoms with Crippen molar-refractivity contribution in [2.45, 2.75) is 12.3 Å². The molecule has 9 heteroatoms. The number of ether oxygens (including phenoxy) is 1. The maximum atomic E-state index is 12.6. The molecule has 1 aliphatic rings. The summed E-state index contributed by atoms with van der Waals surface area (Å²) in [4.78, 5) is 26.0. The van der Waals surface area contributed by atoms with Crippen LogP contribution in [0.3, 0.4) is 0 Å². The van der Waals surface area contributed by atoms with Crippen molar-refractivity contribution in [1.82, 2.24) is 15.0 Å². The molecule has 2 N–H and O–H groups in total. The number of allylic oxidation sites excluding steroid dienone is 3. The Bertz CT molecular complexity index is 1290. The van der Waals surface area contributed by atoms with Crippen LogP contribution in [0, 0.1) is 6.92 Å². The molecule has 2 heterocycles. The van der Waals surface area contributed by atoms with E-state index >= 15 is 0 Å². The number of carbonyl (C=O) groups is 1. The molecule has 0 radical (unpaired) electrons. The van der Waals surface area contributed by atoms with Gasteiger partial charge in [0.25, 0.3) is 5.91 Å². The van der Waals surface area contributed by atoms with Gasteiger partial charge in [-0.1, -0.05) is 24.4 Å². The maximum absolute atomic E-state index is 12.6. The molecule has 166 valence electrons. The minimum Gasteiger partial charge on any atom is -0.438 e. The largest absolute Gasteiger partial charge is 0.438 e. The van der Waals surface area contributed by atoms with Gasteiger partial charge in [0.1, 0.15) is 5.75 Å². The third kappa shape index (κ3) is 5.08. The van der Waals surface area contributed by atoms with Gasteiger partial charge in [0.15, 0.2) is 0 Å². The minimum atomic E-state index is -0.463. The van der Waals surface area contributed by atoms with E-state index < -0.39 is 5.38 Å². The van der Waals surface area contributed by atoms with Crippen molar-refractivity contribution in [3.63, 3.8) is 0 Å². The molecule has 33 heavy (non-hydrogen) atoms. The second kappa shape index (κ2) is 9.89. The number of anilines is 2. The first-order chi connectivity index (χ1) is 16.0. The van der Waals surface area contributed by atoms with Gasteiger partial charge in [-0.15, -0.1) is 11.6 Å². The fraction of sp³-hybridized carbons (Fsp3) is 0.125. The number of carbonyl (C=O) groups excluding carboxylic acids is 1. The van der Waals surface area contributed by atoms with Crippen LogP contribution < -0.4 is 15.4 Å². The molecule has 3 aromatic rings. The molecule has 4 rings (SSSR count). The Morgan fingerprint density at radius 1 is 1.18 bits per heavy atom. The molecular weight excluding hydrogens is 458 g/mol. The zero-order chi connectivity index (χ0) is 23.4. The van der Waals surface area contributed by atoms with Crippen LogP contribution in [0.4, 0.5) is 11.6 Å². The van der Waals surface area contributed by atoms with Gasteiger partial charge in [-0.2, -0.15) is 0 Å². The number of rotatable bonds is 6. The van der Waals surface area contributed by atoms with E-state index in [9.17, 15) is 4.79 Å². The van der Waals surface area contributed by atoms with E-state index in [4.69, 9.17) is 28.6 Å². The number of aryl methyl sites for hydroxylation is 1. The molecule has 1 aliphatic carbocycles. The minimum absolute atomic E-state index is 0.306. The smallest absolute Gasteiger partial charge is 0.256 e. The summed E-state index contributed by atoms with van der Waals surface area (Å²) in [6, 6.07) is 10.8. The third-order valence-electron chi connectivity index (χ3n) is 4.87. The first-order valence-electron chi connectivity index (χ1n) is 10.1. The standard InChI is InChI=1S/C24H20ClN5O2S/c1-14-13-15(29-22(31)17-5-3-7-18(25)21(17)33)8-9-20(14)32-23-16(6-4-11-27-23)19-10-12-28-24(26-2)30-19/h3-13,18H,1-2H3,(H,29,31)(H,26,28,30). The zero-order valence-corrected chi connectivity index (χ0v) is 19.4. The molecule has 1 atom stereocenters. The van der Waals surface area contributed by atoms with Crippen molar-refractivity contribution < 1.29 is 9.53 Å². The van der Waals surface area contributed by atoms with E-state index in [1.807, 2.05) is 25.1 Å². The lowest BCUT2D eigenvalue weighted by molar-refractivity contribution is -0.112. The molecule has 0 aliphatic heterocycles. The fourth-order valence-electron chi connectivity index (χ4n) is 3.20. The Kier molecular flexibility index (Phi) is 6.76. The maximum Gasteiger partial charge on any atom is 0.256 e. The number of hydrogen-bond acceptors (Lipinski definition) is 7. The van der Waals surface area contributed by atoms with Crippen molar-refractivity contribution in [3.8, 4) is 22.9 Å². The summed E-state index contributed by atoms with van der Waals surface area (Å²) >= 11 is 11.4. The van der Waals surface area contributed by atoms with Crippen LogP contribution in [0.15, 0.2) is 72.6 Å². The van der Waals surface area contributed by atoms with Gasteiger partial charge in [-0.3, -0.25) is 4.79 Å². The van der Waals surface area contributed by atoms with Gasteiger partial charge >= 0.3 is 0 Å². The van der Waals surface area contributed by atoms with Gasteiger partial charge in [-0.25, -0.2) is 15.0 Å². The van der Waals surface area contributed by atoms with Gasteiger partial charge in [0, 0.05) is 30.0 Å². The zero-order valence-electron chi connectivity index (χ0n) is 17.9. The average molecular weight is 478 g/mol. The Balaban J connectivity index is 1.54. The molecule has 0 saturated carbocycles. The molecular formula is C24H20ClN5O2S. The number of hydrogen-bond donors (Lipinski definition) is 2. The lowest BCUT2D eigenvalue weighted by Crippen LogP contribution is -2.25. The van der Waals surface area contributed by atoms with Gasteiger partial charge in [-0.05, 0) is 55.0 Å². The molecule has 0 saturated heterocycles. The number of alkyl halides is 1. The molecule has 0 bridgehead atoms. The first-order valence-corrected chi connectivity index (χ1v) is 10.9. The quantitative estimate of drug-likeness (QED) is 0.377. The summed E-state index contributed by atoms with van der Waals surface area (Å²) in [5.41, 5.74) is 3.23. The van der Waals surface area contributed by atoms with Gasteiger partial charge < -0.3 is 15.4 Å². The molecule has 0 fully saturated rings. The van der Waals surface area contributed by atoms with Crippen LogP contribution in [0.25, 0.3) is 11.3 Å². The van der Waals surface area contributed by atoms with E-state index in [2.05, 4.69) is 25.6 Å². The summed E-state index contributed by atoms with van der Waals surface area (Å²) in [6.45, 7) is 1.89. The lowest BCUT2D eigenvalue weighted by atomic mass is 10.0. The number of aromatic nitrogens is 3. The predicted octanol–water partition coefficient (Wildman–Crippen LogP) is 5.09. The van der Waals surface area contributed by atoms with E-state index in [0.29, 0.717) is 39.4 Å². The van der Waals surface area contributed by atoms with E-state index in [0.717, 1.165) is 11.1 Å². The Hall–Kier alpha value is -3.62. The summed E-state index contributed by atoms with van der Waals surface area (Å²) in [5.74, 6) is 1.21. The number of halogens is 1. The van der Waals surface area contributed by atoms with E-state index in [-0.39, 0.29) is 5.91 Å². The summed E-state index contributed by atoms with van der Waals surface area (Å²) < 4.78 is 6.11. The van der Waals surface area contributed by atoms with E-state index in [1.54, 1.807) is 55.9 Å². The second-order valence-corrected chi connectivity index (χ2v) is 8.05. The highest BCUT2D eigenvalue weighted by Crippen LogP contribution is 2.33. The van der Waals surface area contributed by atoms with Crippen LogP contribution in [0.1, 0.15) is 5.56 Å². The van der Waals surface area contributed by atoms with Crippen LogP contribution in [0.5, 0.6) is 11.6 Å². The average Bonchev–Trinajstić information content (AvgIpc) is 2.83. The topological polar surface area (TPSA) is 89.0 Å². The monoisotopic (exact) mass is 477 g/mol. The first kappa shape index (κ1) is 22.6. The fourth-order valence-corrected chi connectivity index (χ4v) is 3.64. The Morgan fingerprint density at radius 2 is 2.03 bits per heavy atom. The Labute approximate surface area is 201 Å². The van der Waals surface area contributed by atoms with Crippen LogP contribution in [-0.4, -0.2) is 38.1 Å². The number of amides is 1. The molecule has 1 amide bonds. The predicted molar refractivity (Wildman–Crippen MR) is 134 cm³/mol. The molecule has 1 unspecified atom stereocenters. The SMILES string of the molecule is CNc1nccc(-c2cccnc2Oc2ccc(NC(=O)C3=CC=CC(Cl)C3=S)cc2C)n1. The lowest BCUT2D eigenvalue weighted by Gasteiger charge is -2.16. The van der Waals surface area contributed by atoms with Gasteiger partial charge in [0.05, 0.1) is 22.2 Å². The van der Waals surface area contributed by atoms with Crippen molar-refractivity contribution in [1.29, 1.82) is 0 Å². The third-order valence-corrected chi connectivity index (χ3v) is 5.84. The number of benzene rings is 1. The normalized spacial score (nSPS) is 15.1. The van der Waals surface area contributed by atoms with Gasteiger partial charge in [0.2, 0.25) is 11.8 Å². The van der Waals surface area contributed by atoms with Crippen molar-refractivity contribution in [2.75, 3.05) is 17.7 Å². The summed E-state index contributed by atoms with van der Waals surface area (Å²) in [5, 5.41) is 5.32. The highest BCUT2D eigenvalue weighted by Gasteiger charge is 2.22. The highest BCUT2D eigenvalue weighted by molar-refractivity contribution is 7.81. The van der Waals surface area contributed by atoms with Crippen LogP contribution >= 0.6 is 23.8 Å². The summed E-state index contributed by atoms with van der Waals surface area (Å²) in [6.07, 6.45) is 8.46. The molecule has 0 spiro atoms. The summed E-state index contributed by atoms with van der Waals surface area (Å²) in [7, 11) is 1.76. The van der Waals surface area contributed by atoms with E-state index in [1.165, 1.54) is 0 Å². The van der Waals surface area contributed by atoms with Crippen molar-refractivity contribution in [2.24, 2.45) is 0 Å². The molecule has 2 aromatic heterocycles. The number of pyridine rings is 1.